The zero-order valence-corrected chi connectivity index (χ0v) is 16.2. The topological polar surface area (TPSA) is 48.5 Å². The number of hydrogen-bond acceptors (Lipinski definition) is 5. The molecule has 4 rings (SSSR count). The SMILES string of the molecule is O=C(c1csc(Nc2ccccc2)n1)N1CCN(c2ccc(Cl)cc2)CC1. The molecule has 0 atom stereocenters. The zero-order chi connectivity index (χ0) is 18.6. The van der Waals surface area contributed by atoms with Crippen LogP contribution in [0.1, 0.15) is 10.5 Å². The Balaban J connectivity index is 1.36. The molecule has 7 heteroatoms. The maximum absolute atomic E-state index is 12.8. The summed E-state index contributed by atoms with van der Waals surface area (Å²) in [5.74, 6) is -0.0110. The molecule has 2 aromatic carbocycles. The largest absolute Gasteiger partial charge is 0.368 e. The monoisotopic (exact) mass is 398 g/mol. The molecule has 3 aromatic rings. The van der Waals surface area contributed by atoms with E-state index in [9.17, 15) is 4.79 Å². The number of benzene rings is 2. The number of rotatable bonds is 4. The Morgan fingerprint density at radius 3 is 2.41 bits per heavy atom. The van der Waals surface area contributed by atoms with Gasteiger partial charge in [-0.2, -0.15) is 0 Å². The standard InChI is InChI=1S/C20H19ClN4OS/c21-15-6-8-17(9-7-15)24-10-12-25(13-11-24)19(26)18-14-27-20(23-18)22-16-4-2-1-3-5-16/h1-9,14H,10-13H2,(H,22,23). The van der Waals surface area contributed by atoms with Crippen LogP contribution in [0.5, 0.6) is 0 Å². The van der Waals surface area contributed by atoms with Gasteiger partial charge in [0.05, 0.1) is 0 Å². The molecule has 138 valence electrons. The van der Waals surface area contributed by atoms with E-state index in [1.807, 2.05) is 64.9 Å². The highest BCUT2D eigenvalue weighted by molar-refractivity contribution is 7.14. The fraction of sp³-hybridized carbons (Fsp3) is 0.200. The number of para-hydroxylation sites is 1. The third-order valence-electron chi connectivity index (χ3n) is 4.51. The van der Waals surface area contributed by atoms with Gasteiger partial charge in [0.15, 0.2) is 5.13 Å². The van der Waals surface area contributed by atoms with E-state index in [1.165, 1.54) is 11.3 Å². The van der Waals surface area contributed by atoms with Crippen molar-refractivity contribution >= 4 is 45.4 Å². The number of thiazole rings is 1. The normalized spacial score (nSPS) is 14.3. The van der Waals surface area contributed by atoms with E-state index in [0.29, 0.717) is 18.8 Å². The van der Waals surface area contributed by atoms with E-state index in [-0.39, 0.29) is 5.91 Å². The Hall–Kier alpha value is -2.57. The van der Waals surface area contributed by atoms with E-state index < -0.39 is 0 Å². The lowest BCUT2D eigenvalue weighted by molar-refractivity contribution is 0.0742. The first-order chi connectivity index (χ1) is 13.2. The first-order valence-corrected chi connectivity index (χ1v) is 10.0. The molecule has 0 bridgehead atoms. The smallest absolute Gasteiger partial charge is 0.273 e. The fourth-order valence-corrected chi connectivity index (χ4v) is 3.89. The van der Waals surface area contributed by atoms with E-state index in [2.05, 4.69) is 15.2 Å². The molecule has 1 saturated heterocycles. The van der Waals surface area contributed by atoms with Crippen LogP contribution in [0.25, 0.3) is 0 Å². The number of hydrogen-bond donors (Lipinski definition) is 1. The van der Waals surface area contributed by atoms with Crippen LogP contribution in [0, 0.1) is 0 Å². The second-order valence-electron chi connectivity index (χ2n) is 6.28. The maximum atomic E-state index is 12.8. The van der Waals surface area contributed by atoms with Gasteiger partial charge in [0.25, 0.3) is 5.91 Å². The van der Waals surface area contributed by atoms with E-state index >= 15 is 0 Å². The molecular weight excluding hydrogens is 380 g/mol. The summed E-state index contributed by atoms with van der Waals surface area (Å²) in [5, 5.41) is 6.51. The van der Waals surface area contributed by atoms with Gasteiger partial charge in [-0.1, -0.05) is 29.8 Å². The predicted molar refractivity (Wildman–Crippen MR) is 111 cm³/mol. The lowest BCUT2D eigenvalue weighted by Crippen LogP contribution is -2.48. The summed E-state index contributed by atoms with van der Waals surface area (Å²) in [6.45, 7) is 2.96. The average Bonchev–Trinajstić information content (AvgIpc) is 3.17. The van der Waals surface area contributed by atoms with Gasteiger partial charge in [-0.25, -0.2) is 4.98 Å². The molecule has 0 saturated carbocycles. The number of piperazine rings is 1. The number of amides is 1. The molecule has 0 aliphatic carbocycles. The molecule has 2 heterocycles. The minimum Gasteiger partial charge on any atom is -0.368 e. The van der Waals surface area contributed by atoms with E-state index in [0.717, 1.165) is 34.6 Å². The van der Waals surface area contributed by atoms with E-state index in [4.69, 9.17) is 11.6 Å². The van der Waals surface area contributed by atoms with Crippen molar-refractivity contribution in [1.82, 2.24) is 9.88 Å². The first-order valence-electron chi connectivity index (χ1n) is 8.76. The van der Waals surface area contributed by atoms with Gasteiger partial charge < -0.3 is 15.1 Å². The summed E-state index contributed by atoms with van der Waals surface area (Å²) in [7, 11) is 0. The molecule has 1 amide bonds. The summed E-state index contributed by atoms with van der Waals surface area (Å²) < 4.78 is 0. The fourth-order valence-electron chi connectivity index (χ4n) is 3.06. The summed E-state index contributed by atoms with van der Waals surface area (Å²) in [5.41, 5.74) is 2.59. The Labute approximate surface area is 167 Å². The summed E-state index contributed by atoms with van der Waals surface area (Å²) in [6, 6.07) is 17.6. The molecule has 0 unspecified atom stereocenters. The number of carbonyl (C=O) groups is 1. The van der Waals surface area contributed by atoms with Crippen LogP contribution < -0.4 is 10.2 Å². The lowest BCUT2D eigenvalue weighted by Gasteiger charge is -2.35. The Kier molecular flexibility index (Phi) is 5.27. The van der Waals surface area contributed by atoms with Crippen LogP contribution in [0.2, 0.25) is 5.02 Å². The van der Waals surface area contributed by atoms with Crippen LogP contribution in [-0.4, -0.2) is 42.0 Å². The maximum Gasteiger partial charge on any atom is 0.273 e. The Morgan fingerprint density at radius 2 is 1.70 bits per heavy atom. The minimum absolute atomic E-state index is 0.0110. The number of halogens is 1. The van der Waals surface area contributed by atoms with Crippen molar-refractivity contribution in [3.05, 3.63) is 70.7 Å². The number of aromatic nitrogens is 1. The first kappa shape index (κ1) is 17.8. The molecular formula is C20H19ClN4OS. The molecule has 1 N–H and O–H groups in total. The van der Waals surface area contributed by atoms with Gasteiger partial charge in [-0.15, -0.1) is 11.3 Å². The third-order valence-corrected chi connectivity index (χ3v) is 5.52. The molecule has 5 nitrogen and oxygen atoms in total. The molecule has 1 aliphatic heterocycles. The van der Waals surface area contributed by atoms with Crippen LogP contribution in [0.3, 0.4) is 0 Å². The number of nitrogens with one attached hydrogen (secondary N) is 1. The molecule has 1 fully saturated rings. The molecule has 1 aliphatic rings. The van der Waals surface area contributed by atoms with Crippen molar-refractivity contribution in [2.24, 2.45) is 0 Å². The van der Waals surface area contributed by atoms with E-state index in [1.54, 1.807) is 0 Å². The minimum atomic E-state index is -0.0110. The molecule has 0 spiro atoms. The van der Waals surface area contributed by atoms with Crippen molar-refractivity contribution in [2.45, 2.75) is 0 Å². The predicted octanol–water partition coefficient (Wildman–Crippen LogP) is 4.50. The van der Waals surface area contributed by atoms with Crippen LogP contribution in [0.4, 0.5) is 16.5 Å². The average molecular weight is 399 g/mol. The van der Waals surface area contributed by atoms with Gasteiger partial charge >= 0.3 is 0 Å². The second kappa shape index (κ2) is 7.98. The molecule has 0 radical (unpaired) electrons. The van der Waals surface area contributed by atoms with Crippen LogP contribution >= 0.6 is 22.9 Å². The Morgan fingerprint density at radius 1 is 1.00 bits per heavy atom. The van der Waals surface area contributed by atoms with Gasteiger partial charge in [-0.3, -0.25) is 4.79 Å². The zero-order valence-electron chi connectivity index (χ0n) is 14.6. The number of anilines is 3. The van der Waals surface area contributed by atoms with Crippen molar-refractivity contribution in [3.8, 4) is 0 Å². The summed E-state index contributed by atoms with van der Waals surface area (Å²) in [6.07, 6.45) is 0. The van der Waals surface area contributed by atoms with Crippen molar-refractivity contribution in [3.63, 3.8) is 0 Å². The van der Waals surface area contributed by atoms with Crippen LogP contribution in [-0.2, 0) is 0 Å². The molecule has 1 aromatic heterocycles. The van der Waals surface area contributed by atoms with Crippen LogP contribution in [0.15, 0.2) is 60.0 Å². The molecule has 27 heavy (non-hydrogen) atoms. The Bertz CT molecular complexity index is 905. The highest BCUT2D eigenvalue weighted by atomic mass is 35.5. The number of carbonyl (C=O) groups excluding carboxylic acids is 1. The van der Waals surface area contributed by atoms with Crippen molar-refractivity contribution < 1.29 is 4.79 Å². The second-order valence-corrected chi connectivity index (χ2v) is 7.58. The lowest BCUT2D eigenvalue weighted by atomic mass is 10.2. The van der Waals surface area contributed by atoms with Gasteiger partial charge in [0.1, 0.15) is 5.69 Å². The van der Waals surface area contributed by atoms with Gasteiger partial charge in [0.2, 0.25) is 0 Å². The van der Waals surface area contributed by atoms with Crippen molar-refractivity contribution in [1.29, 1.82) is 0 Å². The van der Waals surface area contributed by atoms with Crippen molar-refractivity contribution in [2.75, 3.05) is 36.4 Å². The highest BCUT2D eigenvalue weighted by Crippen LogP contribution is 2.23. The number of nitrogens with zero attached hydrogens (tertiary/aromatic N) is 3. The highest BCUT2D eigenvalue weighted by Gasteiger charge is 2.24. The quantitative estimate of drug-likeness (QED) is 0.702. The van der Waals surface area contributed by atoms with Gasteiger partial charge in [-0.05, 0) is 36.4 Å². The third kappa shape index (κ3) is 4.23. The summed E-state index contributed by atoms with van der Waals surface area (Å²) in [4.78, 5) is 21.4. The van der Waals surface area contributed by atoms with Gasteiger partial charge in [0, 0.05) is 48.0 Å². The summed E-state index contributed by atoms with van der Waals surface area (Å²) >= 11 is 7.40.